The molecule has 80 valence electrons. The van der Waals surface area contributed by atoms with Gasteiger partial charge in [0.15, 0.2) is 0 Å². The molecule has 4 nitrogen and oxygen atoms in total. The maximum atomic E-state index is 9.67. The van der Waals surface area contributed by atoms with Crippen LogP contribution in [0.1, 0.15) is 24.2 Å². The van der Waals surface area contributed by atoms with E-state index in [1.54, 1.807) is 42.2 Å². The van der Waals surface area contributed by atoms with Crippen molar-refractivity contribution in [1.29, 1.82) is 5.26 Å². The van der Waals surface area contributed by atoms with E-state index in [0.717, 1.165) is 5.69 Å². The lowest BCUT2D eigenvalue weighted by atomic mass is 10.1. The van der Waals surface area contributed by atoms with Crippen molar-refractivity contribution in [2.24, 2.45) is 0 Å². The lowest BCUT2D eigenvalue weighted by Gasteiger charge is -2.12. The third-order valence-electron chi connectivity index (χ3n) is 2.36. The molecule has 1 aromatic heterocycles. The van der Waals surface area contributed by atoms with Gasteiger partial charge in [-0.3, -0.25) is 0 Å². The molecular weight excluding hydrogens is 202 g/mol. The highest BCUT2D eigenvalue weighted by Gasteiger charge is 2.10. The van der Waals surface area contributed by atoms with Gasteiger partial charge in [0, 0.05) is 18.0 Å². The highest BCUT2D eigenvalue weighted by atomic mass is 16.3. The van der Waals surface area contributed by atoms with Crippen molar-refractivity contribution in [2.75, 3.05) is 0 Å². The number of aromatic nitrogens is 2. The van der Waals surface area contributed by atoms with E-state index in [1.807, 2.05) is 6.07 Å². The molecule has 0 aliphatic rings. The van der Waals surface area contributed by atoms with Crippen molar-refractivity contribution in [3.8, 4) is 11.8 Å². The van der Waals surface area contributed by atoms with E-state index >= 15 is 0 Å². The zero-order valence-corrected chi connectivity index (χ0v) is 8.83. The molecule has 0 aliphatic carbocycles. The third-order valence-corrected chi connectivity index (χ3v) is 2.36. The van der Waals surface area contributed by atoms with Gasteiger partial charge in [-0.05, 0) is 31.2 Å². The third kappa shape index (κ3) is 1.81. The van der Waals surface area contributed by atoms with Crippen LogP contribution in [0.3, 0.4) is 0 Å². The second kappa shape index (κ2) is 4.17. The molecule has 0 amide bonds. The average Bonchev–Trinajstić information content (AvgIpc) is 2.81. The molecule has 0 spiro atoms. The number of nitrogens with zero attached hydrogens (tertiary/aromatic N) is 3. The van der Waals surface area contributed by atoms with E-state index in [-0.39, 0.29) is 0 Å². The minimum Gasteiger partial charge on any atom is -0.389 e. The summed E-state index contributed by atoms with van der Waals surface area (Å²) in [5.41, 5.74) is 2.02. The number of hydrogen-bond donors (Lipinski definition) is 1. The van der Waals surface area contributed by atoms with Crippen molar-refractivity contribution >= 4 is 0 Å². The van der Waals surface area contributed by atoms with E-state index in [4.69, 9.17) is 5.26 Å². The van der Waals surface area contributed by atoms with Crippen LogP contribution < -0.4 is 0 Å². The van der Waals surface area contributed by atoms with Crippen molar-refractivity contribution in [2.45, 2.75) is 13.0 Å². The molecule has 1 N–H and O–H groups in total. The van der Waals surface area contributed by atoms with E-state index in [0.29, 0.717) is 11.1 Å². The van der Waals surface area contributed by atoms with E-state index < -0.39 is 6.10 Å². The summed E-state index contributed by atoms with van der Waals surface area (Å²) >= 11 is 0. The quantitative estimate of drug-likeness (QED) is 0.827. The number of hydrogen-bond acceptors (Lipinski definition) is 3. The first-order chi connectivity index (χ1) is 7.72. The summed E-state index contributed by atoms with van der Waals surface area (Å²) in [6.45, 7) is 1.67. The molecule has 0 unspecified atom stereocenters. The zero-order valence-electron chi connectivity index (χ0n) is 8.83. The SMILES string of the molecule is C[C@@H](O)c1cc(C#N)ccc1-n1cccn1. The first-order valence-electron chi connectivity index (χ1n) is 4.94. The Bertz CT molecular complexity index is 524. The predicted octanol–water partition coefficient (Wildman–Crippen LogP) is 1.80. The van der Waals surface area contributed by atoms with E-state index in [2.05, 4.69) is 11.2 Å². The molecule has 0 radical (unpaired) electrons. The van der Waals surface area contributed by atoms with E-state index in [1.165, 1.54) is 0 Å². The van der Waals surface area contributed by atoms with Gasteiger partial charge >= 0.3 is 0 Å². The Balaban J connectivity index is 2.58. The predicted molar refractivity (Wildman–Crippen MR) is 58.9 cm³/mol. The van der Waals surface area contributed by atoms with Gasteiger partial charge in [0.25, 0.3) is 0 Å². The second-order valence-electron chi connectivity index (χ2n) is 3.51. The number of nitriles is 1. The van der Waals surface area contributed by atoms with Gasteiger partial charge in [-0.15, -0.1) is 0 Å². The maximum absolute atomic E-state index is 9.67. The monoisotopic (exact) mass is 213 g/mol. The molecule has 16 heavy (non-hydrogen) atoms. The summed E-state index contributed by atoms with van der Waals surface area (Å²) in [5, 5.41) is 22.6. The number of rotatable bonds is 2. The van der Waals surface area contributed by atoms with Crippen LogP contribution in [0, 0.1) is 11.3 Å². The minimum absolute atomic E-state index is 0.534. The average molecular weight is 213 g/mol. The largest absolute Gasteiger partial charge is 0.389 e. The van der Waals surface area contributed by atoms with Crippen molar-refractivity contribution in [3.63, 3.8) is 0 Å². The molecule has 0 bridgehead atoms. The number of aliphatic hydroxyl groups excluding tert-OH is 1. The minimum atomic E-state index is -0.632. The molecule has 2 rings (SSSR count). The molecule has 2 aromatic rings. The summed E-state index contributed by atoms with van der Waals surface area (Å²) in [6, 6.07) is 9.04. The fraction of sp³-hybridized carbons (Fsp3) is 0.167. The second-order valence-corrected chi connectivity index (χ2v) is 3.51. The first kappa shape index (κ1) is 10.4. The van der Waals surface area contributed by atoms with Gasteiger partial charge < -0.3 is 5.11 Å². The molecule has 0 fully saturated rings. The molecule has 0 aliphatic heterocycles. The van der Waals surface area contributed by atoms with Crippen LogP contribution in [-0.2, 0) is 0 Å². The zero-order chi connectivity index (χ0) is 11.5. The van der Waals surface area contributed by atoms with Gasteiger partial charge in [-0.1, -0.05) is 0 Å². The Morgan fingerprint density at radius 2 is 2.31 bits per heavy atom. The Labute approximate surface area is 93.4 Å². The van der Waals surface area contributed by atoms with Gasteiger partial charge in [-0.2, -0.15) is 10.4 Å². The topological polar surface area (TPSA) is 61.8 Å². The summed E-state index contributed by atoms with van der Waals surface area (Å²) < 4.78 is 1.67. The Hall–Kier alpha value is -2.12. The van der Waals surface area contributed by atoms with Crippen LogP contribution in [0.25, 0.3) is 5.69 Å². The summed E-state index contributed by atoms with van der Waals surface area (Å²) in [5.74, 6) is 0. The lowest BCUT2D eigenvalue weighted by Crippen LogP contribution is -2.03. The van der Waals surface area contributed by atoms with Gasteiger partial charge in [-0.25, -0.2) is 4.68 Å². The first-order valence-corrected chi connectivity index (χ1v) is 4.94. The molecule has 0 saturated carbocycles. The maximum Gasteiger partial charge on any atom is 0.0991 e. The number of benzene rings is 1. The van der Waals surface area contributed by atoms with Crippen molar-refractivity contribution in [3.05, 3.63) is 47.8 Å². The molecular formula is C12H11N3O. The van der Waals surface area contributed by atoms with Gasteiger partial charge in [0.05, 0.1) is 23.4 Å². The fourth-order valence-electron chi connectivity index (χ4n) is 1.58. The molecule has 4 heteroatoms. The fourth-order valence-corrected chi connectivity index (χ4v) is 1.58. The Morgan fingerprint density at radius 3 is 2.88 bits per heavy atom. The summed E-state index contributed by atoms with van der Waals surface area (Å²) in [6.07, 6.45) is 2.84. The van der Waals surface area contributed by atoms with Crippen LogP contribution in [0.2, 0.25) is 0 Å². The van der Waals surface area contributed by atoms with Crippen molar-refractivity contribution in [1.82, 2.24) is 9.78 Å². The molecule has 1 heterocycles. The Kier molecular flexibility index (Phi) is 2.71. The van der Waals surface area contributed by atoms with Crippen LogP contribution in [0.5, 0.6) is 0 Å². The molecule has 1 aromatic carbocycles. The van der Waals surface area contributed by atoms with Crippen LogP contribution in [0.15, 0.2) is 36.7 Å². The van der Waals surface area contributed by atoms with E-state index in [9.17, 15) is 5.11 Å². The summed E-state index contributed by atoms with van der Waals surface area (Å²) in [7, 11) is 0. The van der Waals surface area contributed by atoms with Crippen LogP contribution >= 0.6 is 0 Å². The van der Waals surface area contributed by atoms with Crippen LogP contribution in [-0.4, -0.2) is 14.9 Å². The molecule has 1 atom stereocenters. The Morgan fingerprint density at radius 1 is 1.50 bits per heavy atom. The smallest absolute Gasteiger partial charge is 0.0991 e. The highest BCUT2D eigenvalue weighted by molar-refractivity contribution is 5.47. The van der Waals surface area contributed by atoms with Crippen LogP contribution in [0.4, 0.5) is 0 Å². The number of aliphatic hydroxyl groups is 1. The highest BCUT2D eigenvalue weighted by Crippen LogP contribution is 2.22. The summed E-state index contributed by atoms with van der Waals surface area (Å²) in [4.78, 5) is 0. The lowest BCUT2D eigenvalue weighted by molar-refractivity contribution is 0.199. The van der Waals surface area contributed by atoms with Gasteiger partial charge in [0.1, 0.15) is 0 Å². The normalized spacial score (nSPS) is 12.1. The van der Waals surface area contributed by atoms with Gasteiger partial charge in [0.2, 0.25) is 0 Å². The molecule has 0 saturated heterocycles. The van der Waals surface area contributed by atoms with Crippen molar-refractivity contribution < 1.29 is 5.11 Å². The standard InChI is InChI=1S/C12H11N3O/c1-9(16)11-7-10(8-13)3-4-12(11)15-6-2-5-14-15/h2-7,9,16H,1H3/t9-/m1/s1.